The third kappa shape index (κ3) is 5.59. The minimum atomic E-state index is -1.06. The van der Waals surface area contributed by atoms with Gasteiger partial charge in [0.05, 0.1) is 12.8 Å². The van der Waals surface area contributed by atoms with Gasteiger partial charge in [0.1, 0.15) is 17.4 Å². The Balaban J connectivity index is 1.86. The monoisotopic (exact) mass is 497 g/mol. The summed E-state index contributed by atoms with van der Waals surface area (Å²) in [4.78, 5) is 39.9. The summed E-state index contributed by atoms with van der Waals surface area (Å²) in [6.07, 6.45) is 0.109. The molecule has 188 valence electrons. The Bertz CT molecular complexity index is 1450. The second-order valence-corrected chi connectivity index (χ2v) is 8.37. The molecule has 0 radical (unpaired) electrons. The molecule has 1 heterocycles. The number of nitrogens with one attached hydrogen (secondary N) is 1. The van der Waals surface area contributed by atoms with E-state index in [1.54, 1.807) is 19.1 Å². The lowest BCUT2D eigenvalue weighted by atomic mass is 9.94. The number of rotatable bonds is 8. The van der Waals surface area contributed by atoms with Crippen molar-refractivity contribution in [2.75, 3.05) is 7.11 Å². The van der Waals surface area contributed by atoms with Crippen LogP contribution in [-0.2, 0) is 22.5 Å². The summed E-state index contributed by atoms with van der Waals surface area (Å²) in [7, 11) is 1.23. The number of aromatic nitrogens is 2. The number of methoxy groups -OCH3 is 1. The Hall–Kier alpha value is -4.72. The smallest absolute Gasteiger partial charge is 0.328 e. The fourth-order valence-electron chi connectivity index (χ4n) is 4.11. The largest absolute Gasteiger partial charge is 0.508 e. The predicted molar refractivity (Wildman–Crippen MR) is 140 cm³/mol. The van der Waals surface area contributed by atoms with Gasteiger partial charge in [-0.1, -0.05) is 72.8 Å². The first-order valence-corrected chi connectivity index (χ1v) is 11.9. The van der Waals surface area contributed by atoms with Crippen LogP contribution in [0.25, 0.3) is 22.4 Å². The standard InChI is InChI=1S/C29H27N3O5/c1-3-32-28(35)25(27(34)30-23(29(36)37-2)18-19-14-16-22(33)17-15-19)24(20-10-6-4-7-11-20)26(31-32)21-12-8-5-9-13-21/h4-17,23,33H,3,18H2,1-2H3,(H,30,34). The highest BCUT2D eigenvalue weighted by molar-refractivity contribution is 6.05. The Morgan fingerprint density at radius 1 is 0.946 bits per heavy atom. The van der Waals surface area contributed by atoms with Crippen LogP contribution in [0.2, 0.25) is 0 Å². The van der Waals surface area contributed by atoms with E-state index < -0.39 is 23.5 Å². The van der Waals surface area contributed by atoms with Crippen molar-refractivity contribution < 1.29 is 19.4 Å². The molecule has 0 saturated carbocycles. The van der Waals surface area contributed by atoms with E-state index in [9.17, 15) is 19.5 Å². The van der Waals surface area contributed by atoms with Gasteiger partial charge in [0, 0.05) is 24.1 Å². The number of carbonyl (C=O) groups is 2. The van der Waals surface area contributed by atoms with Gasteiger partial charge in [0.25, 0.3) is 11.5 Å². The highest BCUT2D eigenvalue weighted by Crippen LogP contribution is 2.32. The maximum Gasteiger partial charge on any atom is 0.328 e. The number of phenols is 1. The van der Waals surface area contributed by atoms with E-state index in [1.165, 1.54) is 23.9 Å². The van der Waals surface area contributed by atoms with E-state index in [0.29, 0.717) is 22.4 Å². The number of benzene rings is 3. The molecule has 2 N–H and O–H groups in total. The predicted octanol–water partition coefficient (Wildman–Crippen LogP) is 3.82. The first-order chi connectivity index (χ1) is 17.9. The Labute approximate surface area is 214 Å². The van der Waals surface area contributed by atoms with Crippen LogP contribution >= 0.6 is 0 Å². The zero-order chi connectivity index (χ0) is 26.4. The minimum Gasteiger partial charge on any atom is -0.508 e. The Morgan fingerprint density at radius 2 is 1.54 bits per heavy atom. The highest BCUT2D eigenvalue weighted by atomic mass is 16.5. The van der Waals surface area contributed by atoms with Crippen molar-refractivity contribution in [2.24, 2.45) is 0 Å². The summed E-state index contributed by atoms with van der Waals surface area (Å²) in [5, 5.41) is 16.9. The number of carbonyl (C=O) groups excluding carboxylic acids is 2. The van der Waals surface area contributed by atoms with Crippen LogP contribution in [0.15, 0.2) is 89.7 Å². The van der Waals surface area contributed by atoms with Crippen molar-refractivity contribution >= 4 is 11.9 Å². The van der Waals surface area contributed by atoms with Crippen molar-refractivity contribution in [3.05, 3.63) is 106 Å². The molecule has 3 aromatic carbocycles. The van der Waals surface area contributed by atoms with Crippen molar-refractivity contribution in [1.29, 1.82) is 0 Å². The quantitative estimate of drug-likeness (QED) is 0.358. The number of amides is 1. The number of aromatic hydroxyl groups is 1. The van der Waals surface area contributed by atoms with Crippen LogP contribution in [0.5, 0.6) is 5.75 Å². The molecule has 0 aliphatic rings. The highest BCUT2D eigenvalue weighted by Gasteiger charge is 2.29. The molecule has 8 heteroatoms. The summed E-state index contributed by atoms with van der Waals surface area (Å²) in [6, 6.07) is 23.6. The van der Waals surface area contributed by atoms with Gasteiger partial charge < -0.3 is 15.2 Å². The van der Waals surface area contributed by atoms with Crippen molar-refractivity contribution in [3.63, 3.8) is 0 Å². The minimum absolute atomic E-state index is 0.0836. The number of aryl methyl sites for hydroxylation is 1. The van der Waals surface area contributed by atoms with Gasteiger partial charge in [-0.2, -0.15) is 5.10 Å². The van der Waals surface area contributed by atoms with Gasteiger partial charge in [-0.05, 0) is 30.2 Å². The fraction of sp³-hybridized carbons (Fsp3) is 0.172. The maximum absolute atomic E-state index is 13.8. The average Bonchev–Trinajstić information content (AvgIpc) is 2.94. The van der Waals surface area contributed by atoms with E-state index in [0.717, 1.165) is 5.56 Å². The number of ether oxygens (including phenoxy) is 1. The van der Waals surface area contributed by atoms with Crippen LogP contribution in [0, 0.1) is 0 Å². The number of nitrogens with zero attached hydrogens (tertiary/aromatic N) is 2. The number of phenolic OH excluding ortho intramolecular Hbond substituents is 1. The number of hydrogen-bond acceptors (Lipinski definition) is 6. The average molecular weight is 498 g/mol. The van der Waals surface area contributed by atoms with Crippen LogP contribution in [-0.4, -0.2) is 39.9 Å². The topological polar surface area (TPSA) is 111 Å². The normalized spacial score (nSPS) is 11.5. The van der Waals surface area contributed by atoms with Gasteiger partial charge in [-0.15, -0.1) is 0 Å². The zero-order valence-electron chi connectivity index (χ0n) is 20.5. The van der Waals surface area contributed by atoms with E-state index in [4.69, 9.17) is 4.74 Å². The summed E-state index contributed by atoms with van der Waals surface area (Å²) in [5.41, 5.74) is 2.27. The molecule has 1 atom stereocenters. The molecule has 0 spiro atoms. The van der Waals surface area contributed by atoms with E-state index in [1.807, 2.05) is 60.7 Å². The summed E-state index contributed by atoms with van der Waals surface area (Å²) < 4.78 is 6.18. The molecule has 1 unspecified atom stereocenters. The van der Waals surface area contributed by atoms with Crippen LogP contribution in [0.4, 0.5) is 0 Å². The molecular formula is C29H27N3O5. The first kappa shape index (κ1) is 25.4. The molecule has 1 amide bonds. The molecule has 37 heavy (non-hydrogen) atoms. The van der Waals surface area contributed by atoms with Gasteiger partial charge >= 0.3 is 5.97 Å². The van der Waals surface area contributed by atoms with Crippen LogP contribution < -0.4 is 10.9 Å². The molecule has 4 rings (SSSR count). The third-order valence-electron chi connectivity index (χ3n) is 5.96. The van der Waals surface area contributed by atoms with Gasteiger partial charge in [-0.3, -0.25) is 9.59 Å². The molecule has 0 aliphatic carbocycles. The zero-order valence-corrected chi connectivity index (χ0v) is 20.5. The second kappa shape index (κ2) is 11.3. The molecule has 0 fully saturated rings. The lowest BCUT2D eigenvalue weighted by molar-refractivity contribution is -0.142. The SMILES string of the molecule is CCn1nc(-c2ccccc2)c(-c2ccccc2)c(C(=O)NC(Cc2ccc(O)cc2)C(=O)OC)c1=O. The molecule has 1 aromatic heterocycles. The molecule has 8 nitrogen and oxygen atoms in total. The van der Waals surface area contributed by atoms with Gasteiger partial charge in [-0.25, -0.2) is 9.48 Å². The number of esters is 1. The molecule has 0 saturated heterocycles. The second-order valence-electron chi connectivity index (χ2n) is 8.37. The maximum atomic E-state index is 13.8. The van der Waals surface area contributed by atoms with Crippen LogP contribution in [0.3, 0.4) is 0 Å². The van der Waals surface area contributed by atoms with Gasteiger partial charge in [0.2, 0.25) is 0 Å². The summed E-state index contributed by atoms with van der Waals surface area (Å²) in [5.74, 6) is -1.28. The lowest BCUT2D eigenvalue weighted by Crippen LogP contribution is -2.45. The molecular weight excluding hydrogens is 470 g/mol. The van der Waals surface area contributed by atoms with E-state index in [2.05, 4.69) is 10.4 Å². The van der Waals surface area contributed by atoms with Crippen molar-refractivity contribution in [2.45, 2.75) is 25.9 Å². The molecule has 0 bridgehead atoms. The van der Waals surface area contributed by atoms with Crippen LogP contribution in [0.1, 0.15) is 22.8 Å². The fourth-order valence-corrected chi connectivity index (χ4v) is 4.11. The number of hydrogen-bond donors (Lipinski definition) is 2. The van der Waals surface area contributed by atoms with E-state index >= 15 is 0 Å². The van der Waals surface area contributed by atoms with Crippen molar-refractivity contribution in [3.8, 4) is 28.1 Å². The molecule has 0 aliphatic heterocycles. The first-order valence-electron chi connectivity index (χ1n) is 11.9. The Morgan fingerprint density at radius 3 is 2.11 bits per heavy atom. The van der Waals surface area contributed by atoms with Gasteiger partial charge in [0.15, 0.2) is 0 Å². The lowest BCUT2D eigenvalue weighted by Gasteiger charge is -2.20. The summed E-state index contributed by atoms with van der Waals surface area (Å²) >= 11 is 0. The summed E-state index contributed by atoms with van der Waals surface area (Å²) in [6.45, 7) is 2.02. The van der Waals surface area contributed by atoms with Crippen molar-refractivity contribution in [1.82, 2.24) is 15.1 Å². The molecule has 4 aromatic rings. The Kier molecular flexibility index (Phi) is 7.78. The third-order valence-corrected chi connectivity index (χ3v) is 5.96. The van der Waals surface area contributed by atoms with E-state index in [-0.39, 0.29) is 24.3 Å².